The molecule has 0 aromatic heterocycles. The molecule has 1 unspecified atom stereocenters. The van der Waals surface area contributed by atoms with E-state index in [0.29, 0.717) is 0 Å². The van der Waals surface area contributed by atoms with Crippen molar-refractivity contribution in [1.29, 1.82) is 0 Å². The summed E-state index contributed by atoms with van der Waals surface area (Å²) in [5.41, 5.74) is 8.72. The number of halogens is 3. The van der Waals surface area contributed by atoms with Crippen molar-refractivity contribution in [3.8, 4) is 33.8 Å². The second-order valence-corrected chi connectivity index (χ2v) is 10.8. The predicted molar refractivity (Wildman–Crippen MR) is 146 cm³/mol. The first-order valence-corrected chi connectivity index (χ1v) is 12.9. The van der Waals surface area contributed by atoms with E-state index in [1.54, 1.807) is 12.1 Å². The number of ether oxygens (including phenoxy) is 3. The first-order valence-electron chi connectivity index (χ1n) is 12.9. The molecule has 4 rings (SSSR count). The maximum absolute atomic E-state index is 12.7. The average Bonchev–Trinajstić information content (AvgIpc) is 2.83. The number of benzene rings is 3. The predicted octanol–water partition coefficient (Wildman–Crippen LogP) is 8.78. The Morgan fingerprint density at radius 1 is 0.921 bits per heavy atom. The third kappa shape index (κ3) is 5.93. The Labute approximate surface area is 223 Å². The van der Waals surface area contributed by atoms with Gasteiger partial charge in [0, 0.05) is 18.3 Å². The Morgan fingerprint density at radius 2 is 1.58 bits per heavy atom. The molecule has 0 spiro atoms. The summed E-state index contributed by atoms with van der Waals surface area (Å²) < 4.78 is 54.7. The quantitative estimate of drug-likeness (QED) is 0.348. The van der Waals surface area contributed by atoms with E-state index < -0.39 is 6.36 Å². The standard InChI is InChI=1S/C31H36F3NO3/c1-18-27(23-12-15-25-22(17-23)9-8-16-36-25)26(20(3)37-30(4,5)6)19(2)29(35-7)28(18)21-10-13-24(14-11-21)38-31(32,33)34/h10-15,17,20,35H,8-9,16H2,1-7H3. The molecule has 0 amide bonds. The van der Waals surface area contributed by atoms with E-state index in [-0.39, 0.29) is 17.5 Å². The molecular formula is C31H36F3NO3. The Hall–Kier alpha value is -3.19. The van der Waals surface area contributed by atoms with Gasteiger partial charge in [0.2, 0.25) is 0 Å². The first kappa shape index (κ1) is 27.8. The Balaban J connectivity index is 1.96. The zero-order chi connectivity index (χ0) is 27.8. The molecule has 204 valence electrons. The largest absolute Gasteiger partial charge is 0.573 e. The van der Waals surface area contributed by atoms with Crippen molar-refractivity contribution < 1.29 is 27.4 Å². The first-order chi connectivity index (χ1) is 17.8. The van der Waals surface area contributed by atoms with Gasteiger partial charge >= 0.3 is 6.36 Å². The number of aryl methyl sites for hydroxylation is 1. The van der Waals surface area contributed by atoms with Crippen LogP contribution >= 0.6 is 0 Å². The molecule has 7 heteroatoms. The molecule has 1 atom stereocenters. The smallest absolute Gasteiger partial charge is 0.493 e. The molecule has 1 N–H and O–H groups in total. The normalized spacial score (nSPS) is 14.5. The Bertz CT molecular complexity index is 1310. The summed E-state index contributed by atoms with van der Waals surface area (Å²) in [6.07, 6.45) is -3.02. The molecule has 1 aliphatic rings. The van der Waals surface area contributed by atoms with Crippen molar-refractivity contribution in [2.45, 2.75) is 72.5 Å². The van der Waals surface area contributed by atoms with Crippen molar-refractivity contribution >= 4 is 5.69 Å². The lowest BCUT2D eigenvalue weighted by Gasteiger charge is -2.31. The highest BCUT2D eigenvalue weighted by Crippen LogP contribution is 2.47. The van der Waals surface area contributed by atoms with E-state index in [2.05, 4.69) is 43.0 Å². The van der Waals surface area contributed by atoms with Gasteiger partial charge < -0.3 is 19.5 Å². The van der Waals surface area contributed by atoms with E-state index in [4.69, 9.17) is 9.47 Å². The lowest BCUT2D eigenvalue weighted by molar-refractivity contribution is -0.274. The monoisotopic (exact) mass is 527 g/mol. The van der Waals surface area contributed by atoms with Gasteiger partial charge in [-0.2, -0.15) is 0 Å². The molecule has 3 aromatic rings. The van der Waals surface area contributed by atoms with Crippen LogP contribution in [0.2, 0.25) is 0 Å². The molecule has 3 aromatic carbocycles. The zero-order valence-electron chi connectivity index (χ0n) is 23.1. The van der Waals surface area contributed by atoms with Crippen molar-refractivity contribution in [2.75, 3.05) is 19.0 Å². The van der Waals surface area contributed by atoms with Crippen LogP contribution in [0.3, 0.4) is 0 Å². The molecule has 0 bridgehead atoms. The fourth-order valence-corrected chi connectivity index (χ4v) is 5.51. The summed E-state index contributed by atoms with van der Waals surface area (Å²) in [4.78, 5) is 0. The van der Waals surface area contributed by atoms with Crippen LogP contribution < -0.4 is 14.8 Å². The number of anilines is 1. The fourth-order valence-electron chi connectivity index (χ4n) is 5.51. The van der Waals surface area contributed by atoms with Gasteiger partial charge in [-0.25, -0.2) is 0 Å². The van der Waals surface area contributed by atoms with Gasteiger partial charge in [-0.1, -0.05) is 18.2 Å². The molecule has 0 saturated heterocycles. The van der Waals surface area contributed by atoms with Crippen LogP contribution in [0.4, 0.5) is 18.9 Å². The van der Waals surface area contributed by atoms with Crippen LogP contribution in [0.1, 0.15) is 62.5 Å². The summed E-state index contributed by atoms with van der Waals surface area (Å²) in [6, 6.07) is 12.4. The van der Waals surface area contributed by atoms with Crippen molar-refractivity contribution in [2.24, 2.45) is 0 Å². The van der Waals surface area contributed by atoms with Gasteiger partial charge in [0.15, 0.2) is 0 Å². The van der Waals surface area contributed by atoms with Crippen LogP contribution in [0, 0.1) is 13.8 Å². The van der Waals surface area contributed by atoms with E-state index in [1.165, 1.54) is 17.7 Å². The molecule has 38 heavy (non-hydrogen) atoms. The van der Waals surface area contributed by atoms with Gasteiger partial charge in [0.1, 0.15) is 11.5 Å². The summed E-state index contributed by atoms with van der Waals surface area (Å²) in [5.74, 6) is 0.669. The lowest BCUT2D eigenvalue weighted by Crippen LogP contribution is -2.22. The van der Waals surface area contributed by atoms with Gasteiger partial charge in [-0.15, -0.1) is 13.2 Å². The third-order valence-corrected chi connectivity index (χ3v) is 6.81. The van der Waals surface area contributed by atoms with Crippen molar-refractivity contribution in [3.05, 3.63) is 64.7 Å². The highest BCUT2D eigenvalue weighted by atomic mass is 19.4. The minimum Gasteiger partial charge on any atom is -0.493 e. The van der Waals surface area contributed by atoms with Gasteiger partial charge in [-0.05, 0) is 118 Å². The zero-order valence-corrected chi connectivity index (χ0v) is 23.1. The second-order valence-electron chi connectivity index (χ2n) is 10.8. The number of nitrogens with one attached hydrogen (secondary N) is 1. The van der Waals surface area contributed by atoms with Crippen LogP contribution in [-0.4, -0.2) is 25.6 Å². The molecular weight excluding hydrogens is 491 g/mol. The SMILES string of the molecule is CNc1c(C)c(C(C)OC(C)(C)C)c(-c2ccc3c(c2)CCCO3)c(C)c1-c1ccc(OC(F)(F)F)cc1. The summed E-state index contributed by atoms with van der Waals surface area (Å²) in [6.45, 7) is 13.0. The van der Waals surface area contributed by atoms with Crippen LogP contribution in [0.5, 0.6) is 11.5 Å². The maximum Gasteiger partial charge on any atom is 0.573 e. The third-order valence-electron chi connectivity index (χ3n) is 6.81. The Kier molecular flexibility index (Phi) is 7.71. The van der Waals surface area contributed by atoms with E-state index in [1.807, 2.05) is 33.9 Å². The number of hydrogen-bond donors (Lipinski definition) is 1. The molecule has 4 nitrogen and oxygen atoms in total. The number of alkyl halides is 3. The molecule has 0 radical (unpaired) electrons. The molecule has 1 heterocycles. The highest BCUT2D eigenvalue weighted by molar-refractivity contribution is 5.92. The highest BCUT2D eigenvalue weighted by Gasteiger charge is 2.31. The summed E-state index contributed by atoms with van der Waals surface area (Å²) in [7, 11) is 1.86. The average molecular weight is 528 g/mol. The van der Waals surface area contributed by atoms with Gasteiger partial charge in [-0.3, -0.25) is 0 Å². The second kappa shape index (κ2) is 10.5. The Morgan fingerprint density at radius 3 is 2.18 bits per heavy atom. The van der Waals surface area contributed by atoms with Gasteiger partial charge in [0.05, 0.1) is 18.3 Å². The molecule has 0 aliphatic carbocycles. The minimum atomic E-state index is -4.74. The number of fused-ring (bicyclic) bond motifs is 1. The summed E-state index contributed by atoms with van der Waals surface area (Å²) in [5, 5.41) is 3.36. The lowest BCUT2D eigenvalue weighted by atomic mass is 9.82. The fraction of sp³-hybridized carbons (Fsp3) is 0.419. The maximum atomic E-state index is 12.7. The number of hydrogen-bond acceptors (Lipinski definition) is 4. The van der Waals surface area contributed by atoms with E-state index in [0.717, 1.165) is 69.8 Å². The van der Waals surface area contributed by atoms with Crippen molar-refractivity contribution in [1.82, 2.24) is 0 Å². The summed E-state index contributed by atoms with van der Waals surface area (Å²) >= 11 is 0. The van der Waals surface area contributed by atoms with Gasteiger partial charge in [0.25, 0.3) is 0 Å². The van der Waals surface area contributed by atoms with E-state index >= 15 is 0 Å². The van der Waals surface area contributed by atoms with Crippen molar-refractivity contribution in [3.63, 3.8) is 0 Å². The topological polar surface area (TPSA) is 39.7 Å². The molecule has 0 saturated carbocycles. The van der Waals surface area contributed by atoms with Crippen LogP contribution in [0.15, 0.2) is 42.5 Å². The molecule has 0 fully saturated rings. The van der Waals surface area contributed by atoms with Crippen LogP contribution in [0.25, 0.3) is 22.3 Å². The van der Waals surface area contributed by atoms with Crippen LogP contribution in [-0.2, 0) is 11.2 Å². The van der Waals surface area contributed by atoms with E-state index in [9.17, 15) is 13.2 Å². The number of rotatable bonds is 6. The molecule has 1 aliphatic heterocycles. The minimum absolute atomic E-state index is 0.209.